The number of guanidine groups is 1. The Labute approximate surface area is 167 Å². The molecule has 1 aromatic rings. The lowest BCUT2D eigenvalue weighted by atomic mass is 10.1. The normalized spacial score (nSPS) is 17.7. The second-order valence-electron chi connectivity index (χ2n) is 6.92. The van der Waals surface area contributed by atoms with E-state index in [1.54, 1.807) is 7.05 Å². The van der Waals surface area contributed by atoms with Crippen molar-refractivity contribution in [2.24, 2.45) is 16.8 Å². The Morgan fingerprint density at radius 3 is 2.60 bits per heavy atom. The molecule has 2 aliphatic carbocycles. The first-order chi connectivity index (χ1) is 11.7. The maximum absolute atomic E-state index is 12.2. The van der Waals surface area contributed by atoms with Crippen LogP contribution in [0.3, 0.4) is 0 Å². The zero-order valence-corrected chi connectivity index (χ0v) is 17.2. The van der Waals surface area contributed by atoms with Crippen LogP contribution in [0.5, 0.6) is 0 Å². The lowest BCUT2D eigenvalue weighted by molar-refractivity contribution is -0.119. The summed E-state index contributed by atoms with van der Waals surface area (Å²) >= 11 is 0. The number of anilines is 1. The van der Waals surface area contributed by atoms with Crippen LogP contribution in [0.25, 0.3) is 0 Å². The monoisotopic (exact) mass is 456 g/mol. The fraction of sp³-hybridized carbons (Fsp3) is 0.579. The third-order valence-corrected chi connectivity index (χ3v) is 4.86. The SMILES string of the molecule is CN=C(NCc1cccc(NC(=O)C2CCCC2)c1)NCC1CC1.I. The van der Waals surface area contributed by atoms with E-state index in [4.69, 9.17) is 0 Å². The summed E-state index contributed by atoms with van der Waals surface area (Å²) in [5, 5.41) is 9.75. The molecule has 6 heteroatoms. The Balaban J connectivity index is 0.00000225. The first-order valence-electron chi connectivity index (χ1n) is 9.09. The average Bonchev–Trinajstić information content (AvgIpc) is 3.25. The summed E-state index contributed by atoms with van der Waals surface area (Å²) in [5.74, 6) is 2.01. The van der Waals surface area contributed by atoms with Crippen LogP contribution < -0.4 is 16.0 Å². The molecule has 1 aromatic carbocycles. The second-order valence-corrected chi connectivity index (χ2v) is 6.92. The molecule has 0 heterocycles. The lowest BCUT2D eigenvalue weighted by Crippen LogP contribution is -2.37. The second kappa shape index (κ2) is 9.99. The van der Waals surface area contributed by atoms with Crippen LogP contribution in [-0.4, -0.2) is 25.5 Å². The van der Waals surface area contributed by atoms with Gasteiger partial charge in [-0.3, -0.25) is 9.79 Å². The Morgan fingerprint density at radius 2 is 1.92 bits per heavy atom. The van der Waals surface area contributed by atoms with Gasteiger partial charge >= 0.3 is 0 Å². The van der Waals surface area contributed by atoms with Gasteiger partial charge in [0.05, 0.1) is 0 Å². The molecule has 0 unspecified atom stereocenters. The first kappa shape index (κ1) is 20.0. The highest BCUT2D eigenvalue weighted by Gasteiger charge is 2.22. The standard InChI is InChI=1S/C19H28N4O.HI/c1-20-19(21-12-14-9-10-14)22-13-15-5-4-8-17(11-15)23-18(24)16-6-2-3-7-16;/h4-5,8,11,14,16H,2-3,6-7,9-10,12-13H2,1H3,(H,23,24)(H2,20,21,22);1H. The minimum absolute atomic E-state index is 0. The number of rotatable bonds is 6. The van der Waals surface area contributed by atoms with Gasteiger partial charge in [0.15, 0.2) is 5.96 Å². The summed E-state index contributed by atoms with van der Waals surface area (Å²) in [4.78, 5) is 16.5. The van der Waals surface area contributed by atoms with Gasteiger partial charge in [-0.2, -0.15) is 0 Å². The fourth-order valence-electron chi connectivity index (χ4n) is 3.16. The molecule has 3 rings (SSSR count). The van der Waals surface area contributed by atoms with Crippen molar-refractivity contribution < 1.29 is 4.79 Å². The smallest absolute Gasteiger partial charge is 0.227 e. The quantitative estimate of drug-likeness (QED) is 0.349. The molecule has 0 atom stereocenters. The number of nitrogens with one attached hydrogen (secondary N) is 3. The largest absolute Gasteiger partial charge is 0.356 e. The molecule has 3 N–H and O–H groups in total. The molecule has 2 aliphatic rings. The molecule has 5 nitrogen and oxygen atoms in total. The molecule has 138 valence electrons. The molecule has 0 aromatic heterocycles. The zero-order valence-electron chi connectivity index (χ0n) is 14.9. The zero-order chi connectivity index (χ0) is 16.8. The van der Waals surface area contributed by atoms with E-state index in [0.717, 1.165) is 42.5 Å². The molecule has 25 heavy (non-hydrogen) atoms. The minimum atomic E-state index is 0. The summed E-state index contributed by atoms with van der Waals surface area (Å²) in [5.41, 5.74) is 2.01. The van der Waals surface area contributed by atoms with Crippen molar-refractivity contribution in [2.45, 2.75) is 45.1 Å². The third kappa shape index (κ3) is 6.49. The summed E-state index contributed by atoms with van der Waals surface area (Å²) in [6.07, 6.45) is 7.05. The molecule has 0 spiro atoms. The van der Waals surface area contributed by atoms with Crippen molar-refractivity contribution in [1.82, 2.24) is 10.6 Å². The van der Waals surface area contributed by atoms with Crippen molar-refractivity contribution in [3.63, 3.8) is 0 Å². The summed E-state index contributed by atoms with van der Waals surface area (Å²) in [7, 11) is 1.79. The number of halogens is 1. The molecule has 1 amide bonds. The van der Waals surface area contributed by atoms with E-state index < -0.39 is 0 Å². The van der Waals surface area contributed by atoms with Crippen molar-refractivity contribution in [1.29, 1.82) is 0 Å². The van der Waals surface area contributed by atoms with Gasteiger partial charge in [-0.05, 0) is 49.3 Å². The Hall–Kier alpha value is -1.31. The van der Waals surface area contributed by atoms with E-state index in [9.17, 15) is 4.79 Å². The summed E-state index contributed by atoms with van der Waals surface area (Å²) < 4.78 is 0. The van der Waals surface area contributed by atoms with Crippen molar-refractivity contribution >= 4 is 41.5 Å². The number of benzene rings is 1. The van der Waals surface area contributed by atoms with Gasteiger partial charge in [0.2, 0.25) is 5.91 Å². The maximum Gasteiger partial charge on any atom is 0.227 e. The van der Waals surface area contributed by atoms with Gasteiger partial charge in [-0.1, -0.05) is 25.0 Å². The summed E-state index contributed by atoms with van der Waals surface area (Å²) in [6, 6.07) is 8.04. The highest BCUT2D eigenvalue weighted by atomic mass is 127. The highest BCUT2D eigenvalue weighted by molar-refractivity contribution is 14.0. The molecule has 0 aliphatic heterocycles. The lowest BCUT2D eigenvalue weighted by Gasteiger charge is -2.13. The van der Waals surface area contributed by atoms with E-state index in [0.29, 0.717) is 6.54 Å². The number of carbonyl (C=O) groups is 1. The predicted octanol–water partition coefficient (Wildman–Crippen LogP) is 3.51. The van der Waals surface area contributed by atoms with Gasteiger partial charge < -0.3 is 16.0 Å². The Morgan fingerprint density at radius 1 is 1.16 bits per heavy atom. The van der Waals surface area contributed by atoms with E-state index in [1.807, 2.05) is 18.2 Å². The van der Waals surface area contributed by atoms with Crippen LogP contribution in [0.4, 0.5) is 5.69 Å². The number of aliphatic imine (C=N–C) groups is 1. The van der Waals surface area contributed by atoms with Crippen LogP contribution in [-0.2, 0) is 11.3 Å². The van der Waals surface area contributed by atoms with E-state index in [2.05, 4.69) is 27.0 Å². The van der Waals surface area contributed by atoms with Crippen LogP contribution >= 0.6 is 24.0 Å². The van der Waals surface area contributed by atoms with Crippen LogP contribution in [0.15, 0.2) is 29.3 Å². The van der Waals surface area contributed by atoms with E-state index in [1.165, 1.54) is 25.7 Å². The van der Waals surface area contributed by atoms with Gasteiger partial charge in [0, 0.05) is 31.7 Å². The molecular formula is C19H29IN4O. The number of hydrogen-bond acceptors (Lipinski definition) is 2. The summed E-state index contributed by atoms with van der Waals surface area (Å²) in [6.45, 7) is 1.69. The fourth-order valence-corrected chi connectivity index (χ4v) is 3.16. The van der Waals surface area contributed by atoms with Gasteiger partial charge in [0.25, 0.3) is 0 Å². The minimum Gasteiger partial charge on any atom is -0.356 e. The topological polar surface area (TPSA) is 65.5 Å². The molecule has 0 bridgehead atoms. The average molecular weight is 456 g/mol. The van der Waals surface area contributed by atoms with Crippen LogP contribution in [0.2, 0.25) is 0 Å². The molecule has 0 radical (unpaired) electrons. The van der Waals surface area contributed by atoms with Gasteiger partial charge in [-0.25, -0.2) is 0 Å². The van der Waals surface area contributed by atoms with Gasteiger partial charge in [0.1, 0.15) is 0 Å². The van der Waals surface area contributed by atoms with Crippen LogP contribution in [0, 0.1) is 11.8 Å². The number of nitrogens with zero attached hydrogens (tertiary/aromatic N) is 1. The van der Waals surface area contributed by atoms with E-state index >= 15 is 0 Å². The highest BCUT2D eigenvalue weighted by Crippen LogP contribution is 2.27. The maximum atomic E-state index is 12.2. The number of amides is 1. The Kier molecular flexibility index (Phi) is 7.99. The predicted molar refractivity (Wildman–Crippen MR) is 113 cm³/mol. The van der Waals surface area contributed by atoms with Crippen molar-refractivity contribution in [3.05, 3.63) is 29.8 Å². The Bertz CT molecular complexity index is 595. The molecule has 0 saturated heterocycles. The van der Waals surface area contributed by atoms with Gasteiger partial charge in [-0.15, -0.1) is 24.0 Å². The molecule has 2 fully saturated rings. The van der Waals surface area contributed by atoms with Crippen molar-refractivity contribution in [3.8, 4) is 0 Å². The molecular weight excluding hydrogens is 427 g/mol. The van der Waals surface area contributed by atoms with E-state index in [-0.39, 0.29) is 35.8 Å². The number of hydrogen-bond donors (Lipinski definition) is 3. The first-order valence-corrected chi connectivity index (χ1v) is 9.09. The van der Waals surface area contributed by atoms with Crippen molar-refractivity contribution in [2.75, 3.05) is 18.9 Å². The van der Waals surface area contributed by atoms with Crippen LogP contribution in [0.1, 0.15) is 44.1 Å². The molecule has 2 saturated carbocycles. The third-order valence-electron chi connectivity index (χ3n) is 4.86. The number of carbonyl (C=O) groups excluding carboxylic acids is 1.